The summed E-state index contributed by atoms with van der Waals surface area (Å²) in [5.74, 6) is 0.630. The van der Waals surface area contributed by atoms with Crippen molar-refractivity contribution in [3.05, 3.63) is 35.6 Å². The monoisotopic (exact) mass is 476 g/mol. The zero-order chi connectivity index (χ0) is 17.7. The lowest BCUT2D eigenvalue weighted by Gasteiger charge is -2.26. The second-order valence-corrected chi connectivity index (χ2v) is 6.71. The number of benzene rings is 1. The molecule has 1 aromatic rings. The van der Waals surface area contributed by atoms with Gasteiger partial charge in [0, 0.05) is 13.1 Å². The Hall–Kier alpha value is -0.890. The third kappa shape index (κ3) is 9.71. The number of unbranched alkanes of at least 4 members (excludes halogenated alkanes) is 2. The van der Waals surface area contributed by atoms with Gasteiger partial charge in [-0.3, -0.25) is 0 Å². The number of piperidine rings is 1. The minimum Gasteiger partial charge on any atom is -0.357 e. The van der Waals surface area contributed by atoms with E-state index in [0.29, 0.717) is 6.54 Å². The molecule has 2 rings (SSSR count). The molecule has 2 N–H and O–H groups in total. The maximum Gasteiger partial charge on any atom is 0.191 e. The van der Waals surface area contributed by atoms with Crippen LogP contribution in [0.25, 0.3) is 0 Å². The number of halogens is 2. The van der Waals surface area contributed by atoms with Gasteiger partial charge in [0.1, 0.15) is 5.82 Å². The lowest BCUT2D eigenvalue weighted by Crippen LogP contribution is -2.37. The minimum absolute atomic E-state index is 0. The van der Waals surface area contributed by atoms with E-state index in [4.69, 9.17) is 0 Å². The summed E-state index contributed by atoms with van der Waals surface area (Å²) < 4.78 is 12.9. The van der Waals surface area contributed by atoms with E-state index < -0.39 is 0 Å². The summed E-state index contributed by atoms with van der Waals surface area (Å²) in [5, 5.41) is 6.66. The van der Waals surface area contributed by atoms with Crippen molar-refractivity contribution in [3.8, 4) is 0 Å². The summed E-state index contributed by atoms with van der Waals surface area (Å²) in [6.07, 6.45) is 7.85. The molecule has 1 fully saturated rings. The molecule has 6 heteroatoms. The van der Waals surface area contributed by atoms with Crippen molar-refractivity contribution in [3.63, 3.8) is 0 Å². The fraction of sp³-hybridized carbons (Fsp3) is 0.650. The van der Waals surface area contributed by atoms with Crippen LogP contribution in [0.2, 0.25) is 0 Å². The minimum atomic E-state index is -0.206. The number of guanidine groups is 1. The van der Waals surface area contributed by atoms with Crippen LogP contribution in [0.3, 0.4) is 0 Å². The van der Waals surface area contributed by atoms with E-state index in [0.717, 1.165) is 31.0 Å². The first kappa shape index (κ1) is 23.1. The van der Waals surface area contributed by atoms with Gasteiger partial charge in [-0.2, -0.15) is 0 Å². The van der Waals surface area contributed by atoms with Crippen molar-refractivity contribution in [2.75, 3.05) is 32.7 Å². The molecule has 0 atom stereocenters. The molecule has 0 unspecified atom stereocenters. The molecule has 0 saturated carbocycles. The third-order valence-corrected chi connectivity index (χ3v) is 4.57. The third-order valence-electron chi connectivity index (χ3n) is 4.57. The SMILES string of the molecule is CCNC(=NCc1ccc(F)cc1)NCCCCCN1CCCCC1.I. The van der Waals surface area contributed by atoms with Crippen molar-refractivity contribution >= 4 is 29.9 Å². The van der Waals surface area contributed by atoms with Gasteiger partial charge >= 0.3 is 0 Å². The topological polar surface area (TPSA) is 39.7 Å². The van der Waals surface area contributed by atoms with E-state index in [2.05, 4.69) is 27.4 Å². The Morgan fingerprint density at radius 2 is 1.77 bits per heavy atom. The lowest BCUT2D eigenvalue weighted by molar-refractivity contribution is 0.224. The van der Waals surface area contributed by atoms with Crippen LogP contribution in [-0.4, -0.2) is 43.6 Å². The molecule has 0 aromatic heterocycles. The Morgan fingerprint density at radius 3 is 2.46 bits per heavy atom. The predicted octanol–water partition coefficient (Wildman–Crippen LogP) is 4.16. The zero-order valence-corrected chi connectivity index (χ0v) is 18.3. The quantitative estimate of drug-likeness (QED) is 0.244. The maximum absolute atomic E-state index is 12.9. The second kappa shape index (κ2) is 14.2. The Kier molecular flexibility index (Phi) is 12.6. The summed E-state index contributed by atoms with van der Waals surface area (Å²) in [6.45, 7) is 8.23. The van der Waals surface area contributed by atoms with E-state index >= 15 is 0 Å². The Balaban J connectivity index is 0.00000338. The first-order valence-electron chi connectivity index (χ1n) is 9.77. The van der Waals surface area contributed by atoms with Crippen molar-refractivity contribution in [2.24, 2.45) is 4.99 Å². The highest BCUT2D eigenvalue weighted by atomic mass is 127. The van der Waals surface area contributed by atoms with Gasteiger partial charge in [0.2, 0.25) is 0 Å². The van der Waals surface area contributed by atoms with E-state index in [9.17, 15) is 4.39 Å². The average molecular weight is 476 g/mol. The molecule has 1 aliphatic rings. The van der Waals surface area contributed by atoms with Crippen molar-refractivity contribution < 1.29 is 4.39 Å². The largest absolute Gasteiger partial charge is 0.357 e. The molecule has 0 aliphatic carbocycles. The summed E-state index contributed by atoms with van der Waals surface area (Å²) >= 11 is 0. The molecule has 4 nitrogen and oxygen atoms in total. The number of rotatable bonds is 9. The van der Waals surface area contributed by atoms with Crippen LogP contribution < -0.4 is 10.6 Å². The van der Waals surface area contributed by atoms with E-state index in [1.807, 2.05) is 0 Å². The molecule has 1 heterocycles. The molecule has 0 radical (unpaired) electrons. The molecular formula is C20H34FIN4. The molecule has 1 aromatic carbocycles. The van der Waals surface area contributed by atoms with Gasteiger partial charge in [0.25, 0.3) is 0 Å². The predicted molar refractivity (Wildman–Crippen MR) is 119 cm³/mol. The first-order chi connectivity index (χ1) is 12.3. The maximum atomic E-state index is 12.9. The van der Waals surface area contributed by atoms with Gasteiger partial charge in [-0.25, -0.2) is 9.38 Å². The number of nitrogens with zero attached hydrogens (tertiary/aromatic N) is 2. The molecule has 0 bridgehead atoms. The first-order valence-corrected chi connectivity index (χ1v) is 9.77. The second-order valence-electron chi connectivity index (χ2n) is 6.71. The van der Waals surface area contributed by atoms with E-state index in [1.54, 1.807) is 12.1 Å². The molecule has 148 valence electrons. The number of hydrogen-bond donors (Lipinski definition) is 2. The van der Waals surface area contributed by atoms with Gasteiger partial charge in [-0.1, -0.05) is 25.0 Å². The average Bonchev–Trinajstić information content (AvgIpc) is 2.64. The smallest absolute Gasteiger partial charge is 0.191 e. The zero-order valence-electron chi connectivity index (χ0n) is 16.0. The van der Waals surface area contributed by atoms with Crippen molar-refractivity contribution in [2.45, 2.75) is 52.0 Å². The number of aliphatic imine (C=N–C) groups is 1. The van der Waals surface area contributed by atoms with Crippen LogP contribution in [0.4, 0.5) is 4.39 Å². The van der Waals surface area contributed by atoms with Crippen LogP contribution >= 0.6 is 24.0 Å². The number of nitrogens with one attached hydrogen (secondary N) is 2. The summed E-state index contributed by atoms with van der Waals surface area (Å²) in [5.41, 5.74) is 1.01. The van der Waals surface area contributed by atoms with Crippen LogP contribution in [0, 0.1) is 5.82 Å². The van der Waals surface area contributed by atoms with Gasteiger partial charge in [0.05, 0.1) is 6.54 Å². The Labute approximate surface area is 175 Å². The standard InChI is InChI=1S/C20H33FN4.HI/c1-2-22-20(24-17-18-9-11-19(21)12-10-18)23-13-5-3-6-14-25-15-7-4-8-16-25;/h9-12H,2-8,13-17H2,1H3,(H2,22,23,24);1H. The van der Waals surface area contributed by atoms with Gasteiger partial charge in [-0.05, 0) is 69.9 Å². The van der Waals surface area contributed by atoms with Crippen LogP contribution in [0.15, 0.2) is 29.3 Å². The molecule has 0 spiro atoms. The van der Waals surface area contributed by atoms with Gasteiger partial charge in [-0.15, -0.1) is 24.0 Å². The fourth-order valence-electron chi connectivity index (χ4n) is 3.13. The normalized spacial score (nSPS) is 15.4. The lowest BCUT2D eigenvalue weighted by atomic mass is 10.1. The van der Waals surface area contributed by atoms with Crippen molar-refractivity contribution in [1.82, 2.24) is 15.5 Å². The summed E-state index contributed by atoms with van der Waals surface area (Å²) in [4.78, 5) is 7.17. The highest BCUT2D eigenvalue weighted by Gasteiger charge is 2.08. The number of hydrogen-bond acceptors (Lipinski definition) is 2. The van der Waals surface area contributed by atoms with Gasteiger partial charge < -0.3 is 15.5 Å². The fourth-order valence-corrected chi connectivity index (χ4v) is 3.13. The van der Waals surface area contributed by atoms with Crippen LogP contribution in [-0.2, 0) is 6.54 Å². The molecule has 0 amide bonds. The van der Waals surface area contributed by atoms with Crippen molar-refractivity contribution in [1.29, 1.82) is 0 Å². The molecular weight excluding hydrogens is 442 g/mol. The highest BCUT2D eigenvalue weighted by Crippen LogP contribution is 2.09. The van der Waals surface area contributed by atoms with Gasteiger partial charge in [0.15, 0.2) is 5.96 Å². The van der Waals surface area contributed by atoms with Crippen LogP contribution in [0.5, 0.6) is 0 Å². The highest BCUT2D eigenvalue weighted by molar-refractivity contribution is 14.0. The summed E-state index contributed by atoms with van der Waals surface area (Å²) in [6, 6.07) is 6.52. The Morgan fingerprint density at radius 1 is 1.04 bits per heavy atom. The molecule has 1 saturated heterocycles. The van der Waals surface area contributed by atoms with Crippen LogP contribution in [0.1, 0.15) is 51.0 Å². The molecule has 26 heavy (non-hydrogen) atoms. The number of likely N-dealkylation sites (tertiary alicyclic amines) is 1. The summed E-state index contributed by atoms with van der Waals surface area (Å²) in [7, 11) is 0. The molecule has 1 aliphatic heterocycles. The van der Waals surface area contributed by atoms with E-state index in [-0.39, 0.29) is 29.8 Å². The Bertz CT molecular complexity index is 501. The van der Waals surface area contributed by atoms with E-state index in [1.165, 1.54) is 63.9 Å².